The molecule has 2 N–H and O–H groups in total. The van der Waals surface area contributed by atoms with Crippen molar-refractivity contribution in [3.63, 3.8) is 0 Å². The average Bonchev–Trinajstić information content (AvgIpc) is 2.85. The first-order valence-electron chi connectivity index (χ1n) is 5.61. The summed E-state index contributed by atoms with van der Waals surface area (Å²) >= 11 is 0. The summed E-state index contributed by atoms with van der Waals surface area (Å²) in [5.41, 5.74) is 1.24. The molecule has 0 aliphatic carbocycles. The number of hydrogen-bond acceptors (Lipinski definition) is 4. The van der Waals surface area contributed by atoms with E-state index in [0.717, 1.165) is 5.56 Å². The molecule has 0 spiro atoms. The second kappa shape index (κ2) is 5.46. The molecule has 0 amide bonds. The number of nitrogens with zero attached hydrogens (tertiary/aromatic N) is 1. The zero-order chi connectivity index (χ0) is 13.0. The van der Waals surface area contributed by atoms with Crippen molar-refractivity contribution >= 4 is 5.97 Å². The van der Waals surface area contributed by atoms with Crippen LogP contribution in [0.3, 0.4) is 0 Å². The highest BCUT2D eigenvalue weighted by molar-refractivity contribution is 5.88. The van der Waals surface area contributed by atoms with Gasteiger partial charge in [-0.05, 0) is 24.6 Å². The Morgan fingerprint density at radius 2 is 2.39 bits per heavy atom. The van der Waals surface area contributed by atoms with E-state index < -0.39 is 5.97 Å². The predicted molar refractivity (Wildman–Crippen MR) is 65.2 cm³/mol. The number of rotatable bonds is 5. The van der Waals surface area contributed by atoms with Crippen molar-refractivity contribution < 1.29 is 14.3 Å². The van der Waals surface area contributed by atoms with Gasteiger partial charge in [0.1, 0.15) is 11.3 Å². The Balaban J connectivity index is 1.99. The predicted octanol–water partition coefficient (Wildman–Crippen LogP) is 2.22. The maximum Gasteiger partial charge on any atom is 0.339 e. The van der Waals surface area contributed by atoms with Crippen molar-refractivity contribution in [2.24, 2.45) is 0 Å². The molecule has 94 valence electrons. The van der Waals surface area contributed by atoms with Crippen LogP contribution in [0.4, 0.5) is 0 Å². The number of pyridine rings is 1. The fraction of sp³-hybridized carbons (Fsp3) is 0.231. The van der Waals surface area contributed by atoms with E-state index in [1.807, 2.05) is 19.1 Å². The lowest BCUT2D eigenvalue weighted by Crippen LogP contribution is -2.19. The summed E-state index contributed by atoms with van der Waals surface area (Å²) in [6, 6.07) is 5.35. The van der Waals surface area contributed by atoms with Crippen LogP contribution >= 0.6 is 0 Å². The molecule has 0 aromatic carbocycles. The second-order valence-electron chi connectivity index (χ2n) is 3.95. The van der Waals surface area contributed by atoms with Crippen LogP contribution in [0.2, 0.25) is 0 Å². The number of carbonyl (C=O) groups is 1. The van der Waals surface area contributed by atoms with E-state index in [0.29, 0.717) is 12.3 Å². The molecule has 0 radical (unpaired) electrons. The number of nitrogens with one attached hydrogen (secondary N) is 1. The third kappa shape index (κ3) is 2.75. The number of carboxylic acids is 1. The smallest absolute Gasteiger partial charge is 0.339 e. The highest BCUT2D eigenvalue weighted by Crippen LogP contribution is 2.14. The number of furan rings is 1. The van der Waals surface area contributed by atoms with Gasteiger partial charge in [0.25, 0.3) is 0 Å². The van der Waals surface area contributed by atoms with E-state index >= 15 is 0 Å². The molecule has 1 unspecified atom stereocenters. The minimum Gasteiger partial charge on any atom is -0.478 e. The van der Waals surface area contributed by atoms with Crippen LogP contribution in [0, 0.1) is 0 Å². The van der Waals surface area contributed by atoms with Gasteiger partial charge < -0.3 is 14.8 Å². The van der Waals surface area contributed by atoms with Gasteiger partial charge >= 0.3 is 5.97 Å². The number of hydrogen-bond donors (Lipinski definition) is 2. The lowest BCUT2D eigenvalue weighted by atomic mass is 10.1. The standard InChI is InChI=1S/C13H14N2O3/c1-9(10-3-2-5-14-7-10)15-8-12-11(13(16)17)4-6-18-12/h2-7,9,15H,8H2,1H3,(H,16,17). The van der Waals surface area contributed by atoms with E-state index in [1.165, 1.54) is 12.3 Å². The van der Waals surface area contributed by atoms with Crippen LogP contribution in [0.1, 0.15) is 34.6 Å². The molecule has 0 saturated heterocycles. The first kappa shape index (κ1) is 12.3. The van der Waals surface area contributed by atoms with Crippen LogP contribution in [-0.2, 0) is 6.54 Å². The van der Waals surface area contributed by atoms with E-state index in [9.17, 15) is 4.79 Å². The molecule has 0 aliphatic heterocycles. The molecule has 0 saturated carbocycles. The molecule has 0 bridgehead atoms. The monoisotopic (exact) mass is 246 g/mol. The third-order valence-electron chi connectivity index (χ3n) is 2.73. The molecule has 0 aliphatic rings. The van der Waals surface area contributed by atoms with Gasteiger partial charge in [-0.1, -0.05) is 6.07 Å². The van der Waals surface area contributed by atoms with Gasteiger partial charge in [0.15, 0.2) is 0 Å². The molecule has 0 fully saturated rings. The molecular formula is C13H14N2O3. The maximum atomic E-state index is 10.9. The Morgan fingerprint density at radius 3 is 3.06 bits per heavy atom. The Morgan fingerprint density at radius 1 is 1.56 bits per heavy atom. The van der Waals surface area contributed by atoms with Crippen LogP contribution < -0.4 is 5.32 Å². The highest BCUT2D eigenvalue weighted by atomic mass is 16.4. The van der Waals surface area contributed by atoms with Crippen LogP contribution in [-0.4, -0.2) is 16.1 Å². The van der Waals surface area contributed by atoms with Crippen molar-refractivity contribution in [3.8, 4) is 0 Å². The topological polar surface area (TPSA) is 75.4 Å². The van der Waals surface area contributed by atoms with Crippen LogP contribution in [0.5, 0.6) is 0 Å². The van der Waals surface area contributed by atoms with Gasteiger partial charge in [0.2, 0.25) is 0 Å². The average molecular weight is 246 g/mol. The van der Waals surface area contributed by atoms with Gasteiger partial charge in [-0.2, -0.15) is 0 Å². The number of aromatic nitrogens is 1. The molecule has 2 aromatic rings. The Labute approximate surface area is 104 Å². The molecule has 2 aromatic heterocycles. The van der Waals surface area contributed by atoms with Gasteiger partial charge in [-0.15, -0.1) is 0 Å². The Kier molecular flexibility index (Phi) is 3.74. The summed E-state index contributed by atoms with van der Waals surface area (Å²) in [6.45, 7) is 2.35. The van der Waals surface area contributed by atoms with Crippen molar-refractivity contribution in [2.75, 3.05) is 0 Å². The van der Waals surface area contributed by atoms with E-state index in [2.05, 4.69) is 10.3 Å². The first-order chi connectivity index (χ1) is 8.68. The van der Waals surface area contributed by atoms with E-state index in [4.69, 9.17) is 9.52 Å². The molecule has 2 rings (SSSR count). The molecular weight excluding hydrogens is 232 g/mol. The largest absolute Gasteiger partial charge is 0.478 e. The second-order valence-corrected chi connectivity index (χ2v) is 3.95. The normalized spacial score (nSPS) is 12.3. The molecule has 18 heavy (non-hydrogen) atoms. The third-order valence-corrected chi connectivity index (χ3v) is 2.73. The minimum absolute atomic E-state index is 0.0745. The summed E-state index contributed by atoms with van der Waals surface area (Å²) < 4.78 is 5.15. The Hall–Kier alpha value is -2.14. The minimum atomic E-state index is -0.977. The summed E-state index contributed by atoms with van der Waals surface area (Å²) in [6.07, 6.45) is 4.87. The van der Waals surface area contributed by atoms with Gasteiger partial charge in [0.05, 0.1) is 12.8 Å². The number of aromatic carboxylic acids is 1. The zero-order valence-electron chi connectivity index (χ0n) is 9.96. The fourth-order valence-electron chi connectivity index (χ4n) is 1.66. The van der Waals surface area contributed by atoms with Crippen molar-refractivity contribution in [1.29, 1.82) is 0 Å². The fourth-order valence-corrected chi connectivity index (χ4v) is 1.66. The van der Waals surface area contributed by atoms with Crippen molar-refractivity contribution in [2.45, 2.75) is 19.5 Å². The first-order valence-corrected chi connectivity index (χ1v) is 5.61. The quantitative estimate of drug-likeness (QED) is 0.846. The maximum absolute atomic E-state index is 10.9. The summed E-state index contributed by atoms with van der Waals surface area (Å²) in [4.78, 5) is 14.9. The SMILES string of the molecule is CC(NCc1occc1C(=O)O)c1cccnc1. The van der Waals surface area contributed by atoms with E-state index in [1.54, 1.807) is 12.4 Å². The number of carboxylic acid groups (broad SMARTS) is 1. The van der Waals surface area contributed by atoms with Gasteiger partial charge in [-0.3, -0.25) is 4.98 Å². The lowest BCUT2D eigenvalue weighted by Gasteiger charge is -2.12. The molecule has 5 heteroatoms. The highest BCUT2D eigenvalue weighted by Gasteiger charge is 2.14. The van der Waals surface area contributed by atoms with Crippen molar-refractivity contribution in [3.05, 3.63) is 53.7 Å². The molecule has 2 heterocycles. The van der Waals surface area contributed by atoms with Gasteiger partial charge in [-0.25, -0.2) is 4.79 Å². The zero-order valence-corrected chi connectivity index (χ0v) is 9.96. The summed E-state index contributed by atoms with van der Waals surface area (Å²) in [5, 5.41) is 12.1. The molecule has 1 atom stereocenters. The van der Waals surface area contributed by atoms with Crippen LogP contribution in [0.25, 0.3) is 0 Å². The van der Waals surface area contributed by atoms with Crippen LogP contribution in [0.15, 0.2) is 41.3 Å². The van der Waals surface area contributed by atoms with Gasteiger partial charge in [0, 0.05) is 18.4 Å². The summed E-state index contributed by atoms with van der Waals surface area (Å²) in [5.74, 6) is -0.548. The molecule has 5 nitrogen and oxygen atoms in total. The lowest BCUT2D eigenvalue weighted by molar-refractivity contribution is 0.0694. The Bertz CT molecular complexity index is 522. The summed E-state index contributed by atoms with van der Waals surface area (Å²) in [7, 11) is 0. The van der Waals surface area contributed by atoms with Crippen molar-refractivity contribution in [1.82, 2.24) is 10.3 Å². The van der Waals surface area contributed by atoms with E-state index in [-0.39, 0.29) is 11.6 Å².